The fraction of sp³-hybridized carbons (Fsp3) is 0.538. The third-order valence-corrected chi connectivity index (χ3v) is 4.00. The van der Waals surface area contributed by atoms with Crippen LogP contribution in [0.2, 0.25) is 0 Å². The number of nitrogens with zero attached hydrogens (tertiary/aromatic N) is 1. The first-order valence-electron chi connectivity index (χ1n) is 6.24. The molecule has 0 spiro atoms. The Hall–Kier alpha value is -0.270. The van der Waals surface area contributed by atoms with Crippen molar-refractivity contribution >= 4 is 40.7 Å². The Bertz CT molecular complexity index is 448. The molecule has 1 aromatic rings. The molecule has 1 aromatic carbocycles. The summed E-state index contributed by atoms with van der Waals surface area (Å²) in [7, 11) is 1.55. The SMILES string of the molecule is COc1cc(Br)c(O)c([C@@H](CF)N2CCNCC2)c1.Cl.Cl. The van der Waals surface area contributed by atoms with E-state index in [0.29, 0.717) is 15.8 Å². The number of alkyl halides is 1. The Balaban J connectivity index is 0.00000200. The van der Waals surface area contributed by atoms with Crippen LogP contribution in [-0.4, -0.2) is 50.0 Å². The molecule has 0 bridgehead atoms. The van der Waals surface area contributed by atoms with E-state index in [2.05, 4.69) is 21.2 Å². The third kappa shape index (κ3) is 4.86. The number of nitrogens with one attached hydrogen (secondary N) is 1. The van der Waals surface area contributed by atoms with Gasteiger partial charge in [0.25, 0.3) is 0 Å². The first kappa shape index (κ1) is 20.7. The molecule has 0 radical (unpaired) electrons. The van der Waals surface area contributed by atoms with Gasteiger partial charge in [-0.1, -0.05) is 0 Å². The summed E-state index contributed by atoms with van der Waals surface area (Å²) >= 11 is 3.28. The average molecular weight is 406 g/mol. The summed E-state index contributed by atoms with van der Waals surface area (Å²) in [6.07, 6.45) is 0. The number of hydrogen-bond acceptors (Lipinski definition) is 4. The first-order valence-corrected chi connectivity index (χ1v) is 7.03. The van der Waals surface area contributed by atoms with Crippen molar-refractivity contribution in [1.29, 1.82) is 0 Å². The van der Waals surface area contributed by atoms with E-state index in [-0.39, 0.29) is 30.6 Å². The summed E-state index contributed by atoms with van der Waals surface area (Å²) in [5, 5.41) is 13.4. The molecule has 1 aliphatic rings. The molecule has 0 saturated carbocycles. The van der Waals surface area contributed by atoms with E-state index in [4.69, 9.17) is 4.74 Å². The molecule has 8 heteroatoms. The number of hydrogen-bond donors (Lipinski definition) is 2. The maximum Gasteiger partial charge on any atom is 0.134 e. The highest BCUT2D eigenvalue weighted by Gasteiger charge is 2.26. The van der Waals surface area contributed by atoms with Crippen molar-refractivity contribution in [1.82, 2.24) is 10.2 Å². The van der Waals surface area contributed by atoms with Crippen LogP contribution < -0.4 is 10.1 Å². The van der Waals surface area contributed by atoms with Gasteiger partial charge >= 0.3 is 0 Å². The molecule has 1 saturated heterocycles. The van der Waals surface area contributed by atoms with E-state index in [1.165, 1.54) is 0 Å². The van der Waals surface area contributed by atoms with Gasteiger partial charge < -0.3 is 15.2 Å². The highest BCUT2D eigenvalue weighted by Crippen LogP contribution is 2.38. The van der Waals surface area contributed by atoms with Gasteiger partial charge in [-0.3, -0.25) is 4.90 Å². The van der Waals surface area contributed by atoms with Crippen molar-refractivity contribution in [2.75, 3.05) is 40.0 Å². The number of phenolic OH excluding ortho intramolecular Hbond substituents is 1. The molecule has 1 aliphatic heterocycles. The molecule has 122 valence electrons. The molecule has 1 fully saturated rings. The van der Waals surface area contributed by atoms with Crippen molar-refractivity contribution < 1.29 is 14.2 Å². The maximum atomic E-state index is 13.4. The molecule has 2 rings (SSSR count). The van der Waals surface area contributed by atoms with Crippen LogP contribution in [0.3, 0.4) is 0 Å². The number of halogens is 4. The summed E-state index contributed by atoms with van der Waals surface area (Å²) in [5.74, 6) is 0.690. The third-order valence-electron chi connectivity index (χ3n) is 3.40. The van der Waals surface area contributed by atoms with Crippen LogP contribution in [-0.2, 0) is 0 Å². The quantitative estimate of drug-likeness (QED) is 0.808. The molecular weight excluding hydrogens is 386 g/mol. The summed E-state index contributed by atoms with van der Waals surface area (Å²) in [5.41, 5.74) is 0.565. The Morgan fingerprint density at radius 1 is 1.38 bits per heavy atom. The second-order valence-corrected chi connectivity index (χ2v) is 5.36. The zero-order valence-electron chi connectivity index (χ0n) is 11.6. The highest BCUT2D eigenvalue weighted by molar-refractivity contribution is 9.10. The van der Waals surface area contributed by atoms with Crippen molar-refractivity contribution in [3.05, 3.63) is 22.2 Å². The van der Waals surface area contributed by atoms with E-state index < -0.39 is 12.7 Å². The minimum absolute atomic E-state index is 0. The molecule has 4 nitrogen and oxygen atoms in total. The number of benzene rings is 1. The van der Waals surface area contributed by atoms with E-state index in [0.717, 1.165) is 26.2 Å². The molecular formula is C13H20BrCl2FN2O2. The number of methoxy groups -OCH3 is 1. The average Bonchev–Trinajstić information content (AvgIpc) is 2.45. The first-order chi connectivity index (χ1) is 9.17. The van der Waals surface area contributed by atoms with Crippen molar-refractivity contribution in [2.24, 2.45) is 0 Å². The standard InChI is InChI=1S/C13H18BrFN2O2.2ClH/c1-19-9-6-10(13(18)11(14)7-9)12(8-15)17-4-2-16-3-5-17;;/h6-7,12,16,18H,2-5,8H2,1H3;2*1H/t12-;;/m1../s1. The minimum Gasteiger partial charge on any atom is -0.506 e. The highest BCUT2D eigenvalue weighted by atomic mass is 79.9. The van der Waals surface area contributed by atoms with Crippen molar-refractivity contribution in [3.63, 3.8) is 0 Å². The van der Waals surface area contributed by atoms with Crippen LogP contribution in [0.1, 0.15) is 11.6 Å². The molecule has 0 aliphatic carbocycles. The van der Waals surface area contributed by atoms with Crippen LogP contribution in [0.5, 0.6) is 11.5 Å². The number of piperazine rings is 1. The van der Waals surface area contributed by atoms with Crippen LogP contribution in [0, 0.1) is 0 Å². The molecule has 0 unspecified atom stereocenters. The van der Waals surface area contributed by atoms with Crippen LogP contribution >= 0.6 is 40.7 Å². The number of ether oxygens (including phenoxy) is 1. The minimum atomic E-state index is -0.535. The summed E-state index contributed by atoms with van der Waals surface area (Å²) < 4.78 is 19.1. The monoisotopic (exact) mass is 404 g/mol. The topological polar surface area (TPSA) is 44.7 Å². The molecule has 1 atom stereocenters. The fourth-order valence-corrected chi connectivity index (χ4v) is 2.79. The van der Waals surface area contributed by atoms with E-state index >= 15 is 0 Å². The predicted molar refractivity (Wildman–Crippen MR) is 90.0 cm³/mol. The maximum absolute atomic E-state index is 13.4. The number of rotatable bonds is 4. The van der Waals surface area contributed by atoms with Gasteiger partial charge in [-0.2, -0.15) is 0 Å². The van der Waals surface area contributed by atoms with E-state index in [1.54, 1.807) is 19.2 Å². The van der Waals surface area contributed by atoms with Gasteiger partial charge in [0, 0.05) is 31.7 Å². The summed E-state index contributed by atoms with van der Waals surface area (Å²) in [6, 6.07) is 2.94. The molecule has 2 N–H and O–H groups in total. The van der Waals surface area contributed by atoms with Gasteiger partial charge in [0.1, 0.15) is 18.2 Å². The Morgan fingerprint density at radius 3 is 2.52 bits per heavy atom. The smallest absolute Gasteiger partial charge is 0.134 e. The van der Waals surface area contributed by atoms with Crippen LogP contribution in [0.15, 0.2) is 16.6 Å². The van der Waals surface area contributed by atoms with Crippen LogP contribution in [0.4, 0.5) is 4.39 Å². The lowest BCUT2D eigenvalue weighted by Crippen LogP contribution is -2.45. The largest absolute Gasteiger partial charge is 0.506 e. The van der Waals surface area contributed by atoms with Gasteiger partial charge in [-0.15, -0.1) is 24.8 Å². The van der Waals surface area contributed by atoms with Gasteiger partial charge in [0.2, 0.25) is 0 Å². The predicted octanol–water partition coefficient (Wildman–Crippen LogP) is 2.92. The van der Waals surface area contributed by atoms with Crippen molar-refractivity contribution in [2.45, 2.75) is 6.04 Å². The Morgan fingerprint density at radius 2 is 2.00 bits per heavy atom. The number of aromatic hydroxyl groups is 1. The molecule has 21 heavy (non-hydrogen) atoms. The number of phenols is 1. The Labute approximate surface area is 145 Å². The van der Waals surface area contributed by atoms with Crippen LogP contribution in [0.25, 0.3) is 0 Å². The summed E-state index contributed by atoms with van der Waals surface area (Å²) in [4.78, 5) is 2.04. The zero-order chi connectivity index (χ0) is 13.8. The molecule has 0 amide bonds. The van der Waals surface area contributed by atoms with Gasteiger partial charge in [0.05, 0.1) is 17.6 Å². The lowest BCUT2D eigenvalue weighted by molar-refractivity contribution is 0.145. The fourth-order valence-electron chi connectivity index (χ4n) is 2.34. The molecule has 1 heterocycles. The lowest BCUT2D eigenvalue weighted by Gasteiger charge is -2.34. The second kappa shape index (κ2) is 9.69. The molecule has 0 aromatic heterocycles. The Kier molecular flexibility index (Phi) is 9.56. The van der Waals surface area contributed by atoms with E-state index in [9.17, 15) is 9.50 Å². The second-order valence-electron chi connectivity index (χ2n) is 4.50. The van der Waals surface area contributed by atoms with E-state index in [1.807, 2.05) is 4.90 Å². The zero-order valence-corrected chi connectivity index (χ0v) is 14.9. The van der Waals surface area contributed by atoms with Gasteiger partial charge in [-0.05, 0) is 28.1 Å². The summed E-state index contributed by atoms with van der Waals surface area (Å²) in [6.45, 7) is 2.67. The van der Waals surface area contributed by atoms with Crippen molar-refractivity contribution in [3.8, 4) is 11.5 Å². The van der Waals surface area contributed by atoms with Gasteiger partial charge in [-0.25, -0.2) is 4.39 Å². The van der Waals surface area contributed by atoms with Gasteiger partial charge in [0.15, 0.2) is 0 Å². The normalized spacial score (nSPS) is 16.5. The lowest BCUT2D eigenvalue weighted by atomic mass is 10.0.